The lowest BCUT2D eigenvalue weighted by Gasteiger charge is -2.11. The summed E-state index contributed by atoms with van der Waals surface area (Å²) in [4.78, 5) is 16.3. The predicted octanol–water partition coefficient (Wildman–Crippen LogP) is 3.95. The molecule has 1 heterocycles. The Kier molecular flexibility index (Phi) is 4.30. The van der Waals surface area contributed by atoms with E-state index in [2.05, 4.69) is 26.2 Å². The van der Waals surface area contributed by atoms with E-state index in [0.29, 0.717) is 16.9 Å². The van der Waals surface area contributed by atoms with Crippen molar-refractivity contribution in [2.45, 2.75) is 13.8 Å². The summed E-state index contributed by atoms with van der Waals surface area (Å²) in [5.74, 6) is -0.268. The molecule has 0 atom stereocenters. The fourth-order valence-electron chi connectivity index (χ4n) is 1.81. The second-order valence-electron chi connectivity index (χ2n) is 4.47. The number of halogens is 2. The van der Waals surface area contributed by atoms with Gasteiger partial charge < -0.3 is 11.1 Å². The van der Waals surface area contributed by atoms with Crippen LogP contribution in [-0.2, 0) is 0 Å². The second-order valence-corrected chi connectivity index (χ2v) is 5.74. The van der Waals surface area contributed by atoms with Crippen LogP contribution in [0.3, 0.4) is 0 Å². The van der Waals surface area contributed by atoms with Gasteiger partial charge in [0.05, 0.1) is 5.69 Å². The summed E-state index contributed by atoms with van der Waals surface area (Å²) < 4.78 is 0.734. The number of aromatic nitrogens is 1. The normalized spacial score (nSPS) is 10.4. The van der Waals surface area contributed by atoms with E-state index < -0.39 is 0 Å². The molecular weight excluding hydrogens is 342 g/mol. The number of amides is 1. The third-order valence-corrected chi connectivity index (χ3v) is 3.65. The molecule has 20 heavy (non-hydrogen) atoms. The van der Waals surface area contributed by atoms with Gasteiger partial charge in [0, 0.05) is 21.9 Å². The number of nitrogen functional groups attached to an aromatic ring is 1. The van der Waals surface area contributed by atoms with Crippen molar-refractivity contribution >= 4 is 44.8 Å². The Hall–Kier alpha value is -1.59. The van der Waals surface area contributed by atoms with Crippen LogP contribution in [0.4, 0.5) is 11.4 Å². The maximum Gasteiger partial charge on any atom is 0.256 e. The van der Waals surface area contributed by atoms with E-state index >= 15 is 0 Å². The summed E-state index contributed by atoms with van der Waals surface area (Å²) in [7, 11) is 0. The first-order chi connectivity index (χ1) is 9.38. The van der Waals surface area contributed by atoms with Crippen molar-refractivity contribution in [1.82, 2.24) is 4.98 Å². The van der Waals surface area contributed by atoms with E-state index in [0.717, 1.165) is 15.6 Å². The smallest absolute Gasteiger partial charge is 0.256 e. The monoisotopic (exact) mass is 353 g/mol. The molecule has 3 N–H and O–H groups in total. The van der Waals surface area contributed by atoms with Crippen LogP contribution in [0.15, 0.2) is 28.9 Å². The SMILES string of the molecule is Cc1cc(C)c(C(=O)Nc2cc(Br)cnc2Cl)cc1N. The highest BCUT2D eigenvalue weighted by molar-refractivity contribution is 9.10. The lowest BCUT2D eigenvalue weighted by Crippen LogP contribution is -2.14. The van der Waals surface area contributed by atoms with Crippen molar-refractivity contribution in [2.75, 3.05) is 11.1 Å². The number of carbonyl (C=O) groups is 1. The van der Waals surface area contributed by atoms with E-state index in [1.807, 2.05) is 19.9 Å². The summed E-state index contributed by atoms with van der Waals surface area (Å²) in [5.41, 5.74) is 9.20. The van der Waals surface area contributed by atoms with E-state index in [9.17, 15) is 4.79 Å². The van der Waals surface area contributed by atoms with Gasteiger partial charge in [0.2, 0.25) is 0 Å². The van der Waals surface area contributed by atoms with Gasteiger partial charge in [-0.05, 0) is 53.0 Å². The Morgan fingerprint density at radius 1 is 1.30 bits per heavy atom. The Morgan fingerprint density at radius 3 is 2.70 bits per heavy atom. The lowest BCUT2D eigenvalue weighted by atomic mass is 10.0. The minimum Gasteiger partial charge on any atom is -0.398 e. The highest BCUT2D eigenvalue weighted by atomic mass is 79.9. The Morgan fingerprint density at radius 2 is 2.00 bits per heavy atom. The van der Waals surface area contributed by atoms with Gasteiger partial charge in [-0.2, -0.15) is 0 Å². The van der Waals surface area contributed by atoms with Crippen molar-refractivity contribution in [3.63, 3.8) is 0 Å². The van der Waals surface area contributed by atoms with Gasteiger partial charge in [-0.1, -0.05) is 17.7 Å². The largest absolute Gasteiger partial charge is 0.398 e. The van der Waals surface area contributed by atoms with Crippen LogP contribution in [0.1, 0.15) is 21.5 Å². The molecule has 0 unspecified atom stereocenters. The van der Waals surface area contributed by atoms with Crippen LogP contribution >= 0.6 is 27.5 Å². The highest BCUT2D eigenvalue weighted by Crippen LogP contribution is 2.25. The first-order valence-electron chi connectivity index (χ1n) is 5.87. The number of aryl methyl sites for hydroxylation is 2. The molecule has 104 valence electrons. The summed E-state index contributed by atoms with van der Waals surface area (Å²) in [5, 5.41) is 2.97. The van der Waals surface area contributed by atoms with Crippen molar-refractivity contribution in [3.8, 4) is 0 Å². The zero-order chi connectivity index (χ0) is 14.9. The number of hydrogen-bond acceptors (Lipinski definition) is 3. The van der Waals surface area contributed by atoms with E-state index in [1.165, 1.54) is 0 Å². The van der Waals surface area contributed by atoms with Crippen LogP contribution < -0.4 is 11.1 Å². The van der Waals surface area contributed by atoms with Crippen LogP contribution in [0, 0.1) is 13.8 Å². The lowest BCUT2D eigenvalue weighted by molar-refractivity contribution is 0.102. The van der Waals surface area contributed by atoms with Crippen molar-refractivity contribution < 1.29 is 4.79 Å². The third kappa shape index (κ3) is 3.11. The molecule has 1 aromatic heterocycles. The zero-order valence-corrected chi connectivity index (χ0v) is 13.3. The number of nitrogens with one attached hydrogen (secondary N) is 1. The molecule has 0 saturated carbocycles. The van der Waals surface area contributed by atoms with Gasteiger partial charge in [-0.15, -0.1) is 0 Å². The number of rotatable bonds is 2. The molecule has 0 spiro atoms. The fourth-order valence-corrected chi connectivity index (χ4v) is 2.30. The predicted molar refractivity (Wildman–Crippen MR) is 85.2 cm³/mol. The number of benzene rings is 1. The topological polar surface area (TPSA) is 68.0 Å². The number of anilines is 2. The van der Waals surface area contributed by atoms with Crippen LogP contribution in [0.2, 0.25) is 5.15 Å². The summed E-state index contributed by atoms with van der Waals surface area (Å²) in [6.07, 6.45) is 1.56. The number of hydrogen-bond donors (Lipinski definition) is 2. The molecule has 2 rings (SSSR count). The van der Waals surface area contributed by atoms with Crippen LogP contribution in [-0.4, -0.2) is 10.9 Å². The van der Waals surface area contributed by atoms with Crippen LogP contribution in [0.5, 0.6) is 0 Å². The Labute approximate surface area is 130 Å². The van der Waals surface area contributed by atoms with E-state index in [4.69, 9.17) is 17.3 Å². The molecular formula is C14H13BrClN3O. The van der Waals surface area contributed by atoms with Crippen molar-refractivity contribution in [3.05, 3.63) is 50.7 Å². The molecule has 1 amide bonds. The third-order valence-electron chi connectivity index (χ3n) is 2.91. The van der Waals surface area contributed by atoms with Gasteiger partial charge in [-0.3, -0.25) is 4.79 Å². The Balaban J connectivity index is 2.33. The molecule has 0 fully saturated rings. The minimum absolute atomic E-state index is 0.235. The van der Waals surface area contributed by atoms with Crippen LogP contribution in [0.25, 0.3) is 0 Å². The number of nitrogens with two attached hydrogens (primary N) is 1. The molecule has 2 aromatic rings. The average Bonchev–Trinajstić information content (AvgIpc) is 2.38. The van der Waals surface area contributed by atoms with Gasteiger partial charge in [0.25, 0.3) is 5.91 Å². The summed E-state index contributed by atoms with van der Waals surface area (Å²) >= 11 is 9.24. The Bertz CT molecular complexity index is 688. The maximum absolute atomic E-state index is 12.3. The molecule has 0 aliphatic carbocycles. The average molecular weight is 355 g/mol. The van der Waals surface area contributed by atoms with Crippen molar-refractivity contribution in [1.29, 1.82) is 0 Å². The van der Waals surface area contributed by atoms with Gasteiger partial charge in [-0.25, -0.2) is 4.98 Å². The molecule has 0 radical (unpaired) electrons. The number of carbonyl (C=O) groups excluding carboxylic acids is 1. The second kappa shape index (κ2) is 5.81. The molecule has 1 aromatic carbocycles. The highest BCUT2D eigenvalue weighted by Gasteiger charge is 2.13. The van der Waals surface area contributed by atoms with E-state index in [1.54, 1.807) is 18.3 Å². The van der Waals surface area contributed by atoms with Gasteiger partial charge >= 0.3 is 0 Å². The zero-order valence-electron chi connectivity index (χ0n) is 11.0. The molecule has 6 heteroatoms. The van der Waals surface area contributed by atoms with Crippen molar-refractivity contribution in [2.24, 2.45) is 0 Å². The minimum atomic E-state index is -0.268. The quantitative estimate of drug-likeness (QED) is 0.634. The fraction of sp³-hybridized carbons (Fsp3) is 0.143. The van der Waals surface area contributed by atoms with Gasteiger partial charge in [0.1, 0.15) is 0 Å². The first kappa shape index (κ1) is 14.8. The molecule has 0 saturated heterocycles. The molecule has 0 aliphatic heterocycles. The molecule has 4 nitrogen and oxygen atoms in total. The standard InChI is InChI=1S/C14H13BrClN3O/c1-7-3-8(2)11(17)5-10(7)14(20)19-12-4-9(15)6-18-13(12)16/h3-6H,17H2,1-2H3,(H,19,20). The summed E-state index contributed by atoms with van der Waals surface area (Å²) in [6.45, 7) is 3.77. The summed E-state index contributed by atoms with van der Waals surface area (Å²) in [6, 6.07) is 5.24. The first-order valence-corrected chi connectivity index (χ1v) is 7.04. The van der Waals surface area contributed by atoms with E-state index in [-0.39, 0.29) is 11.1 Å². The maximum atomic E-state index is 12.3. The number of pyridine rings is 1. The number of nitrogens with zero attached hydrogens (tertiary/aromatic N) is 1. The molecule has 0 aliphatic rings. The van der Waals surface area contributed by atoms with Gasteiger partial charge in [0.15, 0.2) is 5.15 Å². The molecule has 0 bridgehead atoms.